The smallest absolute Gasteiger partial charge is 0.322 e. The zero-order chi connectivity index (χ0) is 34.6. The molecule has 2 atom stereocenters. The predicted molar refractivity (Wildman–Crippen MR) is 182 cm³/mol. The van der Waals surface area contributed by atoms with Gasteiger partial charge in [-0.2, -0.15) is 0 Å². The molecule has 45 heavy (non-hydrogen) atoms. The Bertz CT molecular complexity index is 1070. The number of unbranched alkanes of at least 4 members (excludes halogenated alkanes) is 1. The van der Waals surface area contributed by atoms with Crippen molar-refractivity contribution < 1.29 is 24.3 Å². The molecule has 15 nitrogen and oxygen atoms in total. The van der Waals surface area contributed by atoms with Gasteiger partial charge >= 0.3 is 5.97 Å². The van der Waals surface area contributed by atoms with Gasteiger partial charge in [-0.1, -0.05) is 48.1 Å². The molecule has 0 spiro atoms. The monoisotopic (exact) mass is 652 g/mol. The average molecular weight is 653 g/mol. The van der Waals surface area contributed by atoms with Crippen LogP contribution in [0, 0.1) is 6.92 Å². The molecule has 0 saturated heterocycles. The Morgan fingerprint density at radius 1 is 1.02 bits per heavy atom. The van der Waals surface area contributed by atoms with E-state index in [1.165, 1.54) is 5.56 Å². The van der Waals surface area contributed by atoms with Crippen molar-refractivity contribution in [1.82, 2.24) is 26.2 Å². The molecule has 0 aliphatic heterocycles. The van der Waals surface area contributed by atoms with Gasteiger partial charge in [-0.05, 0) is 52.5 Å². The fourth-order valence-electron chi connectivity index (χ4n) is 3.17. The zero-order valence-corrected chi connectivity index (χ0v) is 27.6. The van der Waals surface area contributed by atoms with Crippen LogP contribution in [0.25, 0.3) is 0 Å². The fourth-order valence-corrected chi connectivity index (χ4v) is 3.34. The lowest BCUT2D eigenvalue weighted by molar-refractivity contribution is -0.138. The number of carbonyl (C=O) groups excluding carboxylic acids is 3. The SMILES string of the molecule is CN/C=C(/C)N(C)C=S.Cc1ccccc1.NCCCCC(NC(=O)CNC(=O)C(N)CCCN=C(N)N)C(=O)NCC(=O)O. The van der Waals surface area contributed by atoms with Crippen LogP contribution >= 0.6 is 12.2 Å². The van der Waals surface area contributed by atoms with Gasteiger partial charge in [0.15, 0.2) is 5.96 Å². The molecule has 0 aliphatic rings. The third kappa shape index (κ3) is 25.9. The number of rotatable bonds is 18. The Morgan fingerprint density at radius 2 is 1.64 bits per heavy atom. The van der Waals surface area contributed by atoms with E-state index in [0.29, 0.717) is 38.8 Å². The summed E-state index contributed by atoms with van der Waals surface area (Å²) in [7, 11) is 3.77. The van der Waals surface area contributed by atoms with Gasteiger partial charge < -0.3 is 54.2 Å². The van der Waals surface area contributed by atoms with E-state index in [2.05, 4.69) is 45.3 Å². The lowest BCUT2D eigenvalue weighted by Crippen LogP contribution is -2.51. The molecule has 3 amide bonds. The van der Waals surface area contributed by atoms with Crippen molar-refractivity contribution >= 4 is 47.4 Å². The predicted octanol–water partition coefficient (Wildman–Crippen LogP) is -0.751. The first-order valence-electron chi connectivity index (χ1n) is 14.4. The van der Waals surface area contributed by atoms with Crippen molar-refractivity contribution in [1.29, 1.82) is 0 Å². The van der Waals surface area contributed by atoms with Crippen LogP contribution in [0.5, 0.6) is 0 Å². The number of allylic oxidation sites excluding steroid dienone is 1. The molecule has 1 aromatic carbocycles. The summed E-state index contributed by atoms with van der Waals surface area (Å²) in [6.07, 6.45) is 4.20. The third-order valence-corrected chi connectivity index (χ3v) is 6.06. The van der Waals surface area contributed by atoms with E-state index in [0.717, 1.165) is 5.70 Å². The van der Waals surface area contributed by atoms with Crippen molar-refractivity contribution in [2.24, 2.45) is 27.9 Å². The molecule has 0 saturated carbocycles. The number of hydrogen-bond acceptors (Lipinski definition) is 9. The molecule has 16 heteroatoms. The largest absolute Gasteiger partial charge is 0.480 e. The molecule has 0 fully saturated rings. The molecule has 1 rings (SSSR count). The summed E-state index contributed by atoms with van der Waals surface area (Å²) in [5, 5.41) is 18.6. The number of carboxylic acid groups (broad SMARTS) is 1. The number of carbonyl (C=O) groups is 4. The topological polar surface area (TPSA) is 256 Å². The Morgan fingerprint density at radius 3 is 2.13 bits per heavy atom. The zero-order valence-electron chi connectivity index (χ0n) is 26.8. The third-order valence-electron chi connectivity index (χ3n) is 5.75. The van der Waals surface area contributed by atoms with Gasteiger partial charge in [0.2, 0.25) is 17.7 Å². The van der Waals surface area contributed by atoms with Gasteiger partial charge in [0.1, 0.15) is 12.6 Å². The summed E-state index contributed by atoms with van der Waals surface area (Å²) >= 11 is 4.70. The van der Waals surface area contributed by atoms with Gasteiger partial charge in [0.25, 0.3) is 0 Å². The number of aryl methyl sites for hydroxylation is 1. The summed E-state index contributed by atoms with van der Waals surface area (Å²) in [5.74, 6) is -3.01. The van der Waals surface area contributed by atoms with Crippen LogP contribution in [0.15, 0.2) is 47.2 Å². The van der Waals surface area contributed by atoms with Gasteiger partial charge in [0, 0.05) is 32.5 Å². The number of amides is 3. The van der Waals surface area contributed by atoms with Crippen molar-refractivity contribution in [3.8, 4) is 0 Å². The average Bonchev–Trinajstić information content (AvgIpc) is 3.00. The maximum atomic E-state index is 12.1. The van der Waals surface area contributed by atoms with E-state index in [1.807, 2.05) is 50.3 Å². The summed E-state index contributed by atoms with van der Waals surface area (Å²) < 4.78 is 0. The second-order valence-electron chi connectivity index (χ2n) is 9.73. The number of benzene rings is 1. The summed E-state index contributed by atoms with van der Waals surface area (Å²) in [6.45, 7) is 3.89. The van der Waals surface area contributed by atoms with E-state index in [9.17, 15) is 19.2 Å². The highest BCUT2D eigenvalue weighted by atomic mass is 32.1. The second-order valence-corrected chi connectivity index (χ2v) is 9.95. The highest BCUT2D eigenvalue weighted by Crippen LogP contribution is 2.01. The normalized spacial score (nSPS) is 11.5. The summed E-state index contributed by atoms with van der Waals surface area (Å²) in [6, 6.07) is 8.49. The highest BCUT2D eigenvalue weighted by Gasteiger charge is 2.21. The molecular formula is C29H52N10O5S. The molecule has 0 aliphatic carbocycles. The van der Waals surface area contributed by atoms with E-state index < -0.39 is 42.3 Å². The number of guanidine groups is 1. The van der Waals surface area contributed by atoms with Crippen molar-refractivity contribution in [3.63, 3.8) is 0 Å². The van der Waals surface area contributed by atoms with Gasteiger partial charge in [-0.15, -0.1) is 0 Å². The molecule has 1 aromatic rings. The fraction of sp³-hybridized carbons (Fsp3) is 0.517. The molecule has 0 radical (unpaired) electrons. The van der Waals surface area contributed by atoms with Crippen LogP contribution in [-0.4, -0.2) is 97.5 Å². The summed E-state index contributed by atoms with van der Waals surface area (Å²) in [4.78, 5) is 52.3. The minimum atomic E-state index is -1.20. The lowest BCUT2D eigenvalue weighted by atomic mass is 10.1. The van der Waals surface area contributed by atoms with Crippen LogP contribution in [0.2, 0.25) is 0 Å². The molecule has 0 bridgehead atoms. The van der Waals surface area contributed by atoms with Gasteiger partial charge in [-0.3, -0.25) is 24.2 Å². The minimum Gasteiger partial charge on any atom is -0.480 e. The molecule has 13 N–H and O–H groups in total. The summed E-state index contributed by atoms with van der Waals surface area (Å²) in [5.41, 5.74) is 25.6. The van der Waals surface area contributed by atoms with E-state index in [4.69, 9.17) is 40.3 Å². The number of hydrogen-bond donors (Lipinski definition) is 9. The van der Waals surface area contributed by atoms with Crippen LogP contribution in [0.1, 0.15) is 44.6 Å². The quantitative estimate of drug-likeness (QED) is 0.0411. The Labute approximate surface area is 271 Å². The van der Waals surface area contributed by atoms with Crippen LogP contribution in [0.4, 0.5) is 0 Å². The van der Waals surface area contributed by atoms with Crippen LogP contribution < -0.4 is 44.2 Å². The number of nitrogens with one attached hydrogen (secondary N) is 4. The first-order chi connectivity index (χ1) is 21.3. The molecule has 0 heterocycles. The number of nitrogens with two attached hydrogens (primary N) is 4. The van der Waals surface area contributed by atoms with Crippen molar-refractivity contribution in [2.45, 2.75) is 58.0 Å². The maximum absolute atomic E-state index is 12.1. The molecule has 2 unspecified atom stereocenters. The van der Waals surface area contributed by atoms with Gasteiger partial charge in [0.05, 0.1) is 18.1 Å². The number of nitrogens with zero attached hydrogens (tertiary/aromatic N) is 2. The lowest BCUT2D eigenvalue weighted by Gasteiger charge is -2.18. The Hall–Kier alpha value is -4.28. The van der Waals surface area contributed by atoms with Gasteiger partial charge in [-0.25, -0.2) is 0 Å². The van der Waals surface area contributed by atoms with E-state index in [1.54, 1.807) is 5.49 Å². The Kier molecular flexibility index (Phi) is 26.0. The molecular weight excluding hydrogens is 600 g/mol. The van der Waals surface area contributed by atoms with Crippen LogP contribution in [-0.2, 0) is 19.2 Å². The van der Waals surface area contributed by atoms with E-state index in [-0.39, 0.29) is 18.9 Å². The Balaban J connectivity index is 0. The van der Waals surface area contributed by atoms with Crippen molar-refractivity contribution in [3.05, 3.63) is 47.8 Å². The first kappa shape index (κ1) is 42.9. The molecule has 0 aromatic heterocycles. The highest BCUT2D eigenvalue weighted by molar-refractivity contribution is 7.78. The first-order valence-corrected chi connectivity index (χ1v) is 14.9. The standard InChI is InChI=1S/C16H32N8O5.C7H8.C6H12N2S/c17-6-2-1-5-11(15(29)23-9-13(26)27)24-12(25)8-22-14(28)10(18)4-3-7-21-16(19)20;1-7-5-3-2-4-6-7;1-6(4-7-2)8(3)5-9/h10-11H,1-9,17-18H2,(H,22,28)(H,23,29)(H,24,25)(H,26,27)(H4,19,20,21);2-6H,1H3;4-5,7H,1-3H3/b;;6-4-. The number of aliphatic carboxylic acids is 1. The number of aliphatic imine (C=N–C) groups is 1. The second kappa shape index (κ2) is 27.3. The number of carboxylic acids is 1. The minimum absolute atomic E-state index is 0.0481. The number of thiocarbonyl (C=S) groups is 1. The maximum Gasteiger partial charge on any atom is 0.322 e. The van der Waals surface area contributed by atoms with E-state index >= 15 is 0 Å². The van der Waals surface area contributed by atoms with Crippen LogP contribution in [0.3, 0.4) is 0 Å². The van der Waals surface area contributed by atoms with Crippen molar-refractivity contribution in [2.75, 3.05) is 40.3 Å². The molecule has 254 valence electrons.